The number of nitrogens with zero attached hydrogens (tertiary/aromatic N) is 6. The average Bonchev–Trinajstić information content (AvgIpc) is 3.58. The smallest absolute Gasteiger partial charge is 0.262 e. The van der Waals surface area contributed by atoms with E-state index in [1.807, 2.05) is 53.3 Å². The molecule has 1 unspecified atom stereocenters. The molecule has 2 fully saturated rings. The molecular formula is C33H30BrN7O5. The lowest BCUT2D eigenvalue weighted by atomic mass is 10.0. The van der Waals surface area contributed by atoms with Gasteiger partial charge in [0.1, 0.15) is 24.1 Å². The van der Waals surface area contributed by atoms with E-state index in [1.165, 1.54) is 0 Å². The van der Waals surface area contributed by atoms with Gasteiger partial charge >= 0.3 is 0 Å². The zero-order chi connectivity index (χ0) is 31.8. The SMILES string of the molecule is O=C1CCC(N2C(=O)c3ccc(N4CCN(CCOc5ccc(-n6cc(Br)c(-c7ccncc7)n6)cc5)CC4)cc3C2=O)C(=O)N1. The Balaban J connectivity index is 0.903. The first-order valence-corrected chi connectivity index (χ1v) is 15.9. The number of piperazine rings is 1. The predicted molar refractivity (Wildman–Crippen MR) is 172 cm³/mol. The molecule has 0 bridgehead atoms. The number of pyridine rings is 1. The van der Waals surface area contributed by atoms with Crippen molar-refractivity contribution < 1.29 is 23.9 Å². The quantitative estimate of drug-likeness (QED) is 0.278. The lowest BCUT2D eigenvalue weighted by molar-refractivity contribution is -0.136. The fourth-order valence-electron chi connectivity index (χ4n) is 6.06. The number of piperidine rings is 1. The second-order valence-corrected chi connectivity index (χ2v) is 12.2. The Kier molecular flexibility index (Phi) is 8.09. The highest BCUT2D eigenvalue weighted by molar-refractivity contribution is 9.10. The Hall–Kier alpha value is -4.88. The standard InChI is InChI=1S/C33H30BrN7O5/c34-27-20-40(37-30(27)21-9-11-35-12-10-21)22-1-4-24(5-2-22)46-18-17-38-13-15-39(16-14-38)23-3-6-25-26(19-23)33(45)41(32(25)44)28-7-8-29(42)36-31(28)43/h1-6,9-12,19-20,28H,7-8,13-18H2,(H,36,42,43). The summed E-state index contributed by atoms with van der Waals surface area (Å²) in [6.07, 6.45) is 5.65. The van der Waals surface area contributed by atoms with Gasteiger partial charge < -0.3 is 9.64 Å². The highest BCUT2D eigenvalue weighted by Crippen LogP contribution is 2.31. The molecule has 0 spiro atoms. The Bertz CT molecular complexity index is 1820. The summed E-state index contributed by atoms with van der Waals surface area (Å²) in [7, 11) is 0. The van der Waals surface area contributed by atoms with Crippen LogP contribution in [0.15, 0.2) is 77.7 Å². The van der Waals surface area contributed by atoms with Gasteiger partial charge in [-0.3, -0.25) is 39.3 Å². The molecule has 1 atom stereocenters. The van der Waals surface area contributed by atoms with Crippen LogP contribution < -0.4 is 15.0 Å². The highest BCUT2D eigenvalue weighted by atomic mass is 79.9. The van der Waals surface area contributed by atoms with Crippen LogP contribution in [-0.4, -0.2) is 93.6 Å². The molecule has 4 amide bonds. The third-order valence-corrected chi connectivity index (χ3v) is 9.14. The number of ether oxygens (including phenoxy) is 1. The number of halogens is 1. The van der Waals surface area contributed by atoms with Gasteiger partial charge in [-0.2, -0.15) is 5.10 Å². The van der Waals surface area contributed by atoms with Crippen molar-refractivity contribution in [2.45, 2.75) is 18.9 Å². The van der Waals surface area contributed by atoms with E-state index in [1.54, 1.807) is 24.5 Å². The van der Waals surface area contributed by atoms with Gasteiger partial charge in [0.05, 0.1) is 21.3 Å². The molecule has 0 saturated carbocycles. The Labute approximate surface area is 273 Å². The number of anilines is 1. The fraction of sp³-hybridized carbons (Fsp3) is 0.273. The van der Waals surface area contributed by atoms with Crippen LogP contribution in [0.25, 0.3) is 16.9 Å². The maximum atomic E-state index is 13.2. The summed E-state index contributed by atoms with van der Waals surface area (Å²) in [5.41, 5.74) is 4.19. The summed E-state index contributed by atoms with van der Waals surface area (Å²) < 4.78 is 8.76. The summed E-state index contributed by atoms with van der Waals surface area (Å²) in [4.78, 5) is 59.7. The number of carbonyl (C=O) groups is 4. The average molecular weight is 685 g/mol. The number of carbonyl (C=O) groups excluding carboxylic acids is 4. The van der Waals surface area contributed by atoms with Crippen molar-refractivity contribution in [3.63, 3.8) is 0 Å². The van der Waals surface area contributed by atoms with E-state index in [4.69, 9.17) is 9.84 Å². The molecule has 13 heteroatoms. The van der Waals surface area contributed by atoms with Gasteiger partial charge in [-0.15, -0.1) is 0 Å². The third-order valence-electron chi connectivity index (χ3n) is 8.56. The van der Waals surface area contributed by atoms with Crippen molar-refractivity contribution in [2.75, 3.05) is 44.2 Å². The number of benzene rings is 2. The van der Waals surface area contributed by atoms with Crippen LogP contribution in [0.3, 0.4) is 0 Å². The highest BCUT2D eigenvalue weighted by Gasteiger charge is 2.44. The molecule has 12 nitrogen and oxygen atoms in total. The molecule has 4 aromatic rings. The second-order valence-electron chi connectivity index (χ2n) is 11.4. The first-order valence-electron chi connectivity index (χ1n) is 15.1. The van der Waals surface area contributed by atoms with E-state index in [-0.39, 0.29) is 18.4 Å². The summed E-state index contributed by atoms with van der Waals surface area (Å²) in [6.45, 7) is 4.48. The van der Waals surface area contributed by atoms with Crippen molar-refractivity contribution in [3.8, 4) is 22.7 Å². The van der Waals surface area contributed by atoms with Gasteiger partial charge in [-0.05, 0) is 76.9 Å². The third kappa shape index (κ3) is 5.79. The molecule has 234 valence electrons. The molecule has 5 heterocycles. The van der Waals surface area contributed by atoms with Crippen LogP contribution in [0.2, 0.25) is 0 Å². The van der Waals surface area contributed by atoms with Gasteiger partial charge in [-0.1, -0.05) is 0 Å². The van der Waals surface area contributed by atoms with Crippen molar-refractivity contribution in [3.05, 3.63) is 88.8 Å². The largest absolute Gasteiger partial charge is 0.492 e. The first-order chi connectivity index (χ1) is 22.4. The monoisotopic (exact) mass is 683 g/mol. The van der Waals surface area contributed by atoms with Crippen LogP contribution in [0, 0.1) is 0 Å². The van der Waals surface area contributed by atoms with E-state index in [0.29, 0.717) is 12.2 Å². The van der Waals surface area contributed by atoms with Gasteiger partial charge in [0.2, 0.25) is 11.8 Å². The summed E-state index contributed by atoms with van der Waals surface area (Å²) in [5, 5.41) is 6.94. The van der Waals surface area contributed by atoms with Gasteiger partial charge in [0, 0.05) is 69.0 Å². The zero-order valence-electron chi connectivity index (χ0n) is 24.8. The Morgan fingerprint density at radius 1 is 0.870 bits per heavy atom. The number of fused-ring (bicyclic) bond motifs is 1. The number of imide groups is 2. The topological polar surface area (TPSA) is 130 Å². The number of aromatic nitrogens is 3. The Morgan fingerprint density at radius 3 is 2.33 bits per heavy atom. The zero-order valence-corrected chi connectivity index (χ0v) is 26.4. The molecule has 0 aliphatic carbocycles. The molecule has 3 aliphatic heterocycles. The van der Waals surface area contributed by atoms with Crippen molar-refractivity contribution in [2.24, 2.45) is 0 Å². The minimum atomic E-state index is -0.970. The summed E-state index contributed by atoms with van der Waals surface area (Å²) in [6, 6.07) is 16.0. The number of hydrogen-bond donors (Lipinski definition) is 1. The van der Waals surface area contributed by atoms with Crippen LogP contribution >= 0.6 is 15.9 Å². The Morgan fingerprint density at radius 2 is 1.59 bits per heavy atom. The molecule has 2 aromatic heterocycles. The molecular weight excluding hydrogens is 654 g/mol. The predicted octanol–water partition coefficient (Wildman–Crippen LogP) is 3.30. The van der Waals surface area contributed by atoms with Gasteiger partial charge in [-0.25, -0.2) is 4.68 Å². The van der Waals surface area contributed by atoms with Crippen LogP contribution in [0.4, 0.5) is 5.69 Å². The van der Waals surface area contributed by atoms with E-state index in [0.717, 1.165) is 70.5 Å². The minimum absolute atomic E-state index is 0.0931. The summed E-state index contributed by atoms with van der Waals surface area (Å²) >= 11 is 3.61. The van der Waals surface area contributed by atoms with Crippen LogP contribution in [0.1, 0.15) is 33.6 Å². The lowest BCUT2D eigenvalue weighted by Crippen LogP contribution is -2.54. The number of amides is 4. The molecule has 1 N–H and O–H groups in total. The van der Waals surface area contributed by atoms with E-state index in [9.17, 15) is 19.2 Å². The van der Waals surface area contributed by atoms with E-state index < -0.39 is 29.7 Å². The number of hydrogen-bond acceptors (Lipinski definition) is 9. The lowest BCUT2D eigenvalue weighted by Gasteiger charge is -2.36. The van der Waals surface area contributed by atoms with Crippen molar-refractivity contribution in [1.82, 2.24) is 29.9 Å². The summed E-state index contributed by atoms with van der Waals surface area (Å²) in [5.74, 6) is -1.21. The maximum Gasteiger partial charge on any atom is 0.262 e. The molecule has 2 aromatic carbocycles. The maximum absolute atomic E-state index is 13.2. The fourth-order valence-corrected chi connectivity index (χ4v) is 6.57. The number of nitrogens with one attached hydrogen (secondary N) is 1. The van der Waals surface area contributed by atoms with Crippen LogP contribution in [-0.2, 0) is 9.59 Å². The molecule has 2 saturated heterocycles. The van der Waals surface area contributed by atoms with E-state index in [2.05, 4.69) is 36.0 Å². The van der Waals surface area contributed by atoms with E-state index >= 15 is 0 Å². The molecule has 3 aliphatic rings. The molecule has 46 heavy (non-hydrogen) atoms. The number of rotatable bonds is 8. The van der Waals surface area contributed by atoms with Crippen molar-refractivity contribution >= 4 is 45.2 Å². The molecule has 0 radical (unpaired) electrons. The normalized spacial score (nSPS) is 18.6. The minimum Gasteiger partial charge on any atom is -0.492 e. The molecule has 7 rings (SSSR count). The second kappa shape index (κ2) is 12.5. The van der Waals surface area contributed by atoms with Gasteiger partial charge in [0.15, 0.2) is 0 Å². The van der Waals surface area contributed by atoms with Gasteiger partial charge in [0.25, 0.3) is 11.8 Å². The van der Waals surface area contributed by atoms with Crippen LogP contribution in [0.5, 0.6) is 5.75 Å². The first kappa shape index (κ1) is 29.8. The van der Waals surface area contributed by atoms with Crippen molar-refractivity contribution in [1.29, 1.82) is 0 Å².